The third-order valence-electron chi connectivity index (χ3n) is 5.76. The third-order valence-corrected chi connectivity index (χ3v) is 6.00. The number of halogens is 1. The number of benzene rings is 1. The molecule has 0 radical (unpaired) electrons. The molecule has 0 unspecified atom stereocenters. The monoisotopic (exact) mass is 401 g/mol. The van der Waals surface area contributed by atoms with E-state index in [2.05, 4.69) is 9.80 Å². The summed E-state index contributed by atoms with van der Waals surface area (Å²) in [5.74, 6) is 0.912. The highest BCUT2D eigenvalue weighted by Crippen LogP contribution is 2.29. The Morgan fingerprint density at radius 2 is 1.75 bits per heavy atom. The number of nitrogens with zero attached hydrogens (tertiary/aromatic N) is 3. The maximum atomic E-state index is 12.5. The zero-order valence-corrected chi connectivity index (χ0v) is 17.0. The van der Waals surface area contributed by atoms with Crippen molar-refractivity contribution in [2.75, 3.05) is 59.0 Å². The Balaban J connectivity index is 1.25. The van der Waals surface area contributed by atoms with Gasteiger partial charge in [-0.3, -0.25) is 9.69 Å². The average molecular weight is 402 g/mol. The predicted octanol–water partition coefficient (Wildman–Crippen LogP) is 2.91. The second kappa shape index (κ2) is 9.12. The fourth-order valence-corrected chi connectivity index (χ4v) is 4.21. The molecule has 2 saturated heterocycles. The average Bonchev–Trinajstić information content (AvgIpc) is 3.24. The van der Waals surface area contributed by atoms with E-state index < -0.39 is 0 Å². The Kier molecular flexibility index (Phi) is 6.35. The lowest BCUT2D eigenvalue weighted by Gasteiger charge is -2.35. The maximum Gasteiger partial charge on any atom is 0.246 e. The number of amides is 1. The topological polar surface area (TPSA) is 36.0 Å². The summed E-state index contributed by atoms with van der Waals surface area (Å²) in [6, 6.07) is 5.58. The molecule has 0 aromatic heterocycles. The Morgan fingerprint density at radius 1 is 1.04 bits per heavy atom. The summed E-state index contributed by atoms with van der Waals surface area (Å²) in [5, 5.41) is 0.683. The summed E-state index contributed by atoms with van der Waals surface area (Å²) < 4.78 is 5.74. The van der Waals surface area contributed by atoms with E-state index in [4.69, 9.17) is 16.3 Å². The molecule has 3 heterocycles. The SMILES string of the molecule is O=C(C=CC1=Cc2cc(Cl)ccc2OC1)N1CCN(CCN2CCCC2)CC1. The van der Waals surface area contributed by atoms with E-state index in [-0.39, 0.29) is 5.91 Å². The van der Waals surface area contributed by atoms with Crippen LogP contribution in [0.3, 0.4) is 0 Å². The fourth-order valence-electron chi connectivity index (χ4n) is 4.03. The zero-order valence-electron chi connectivity index (χ0n) is 16.3. The van der Waals surface area contributed by atoms with Crippen LogP contribution >= 0.6 is 11.6 Å². The number of hydrogen-bond acceptors (Lipinski definition) is 4. The van der Waals surface area contributed by atoms with Crippen molar-refractivity contribution in [1.82, 2.24) is 14.7 Å². The van der Waals surface area contributed by atoms with Crippen molar-refractivity contribution < 1.29 is 9.53 Å². The van der Waals surface area contributed by atoms with Crippen molar-refractivity contribution >= 4 is 23.6 Å². The first-order chi connectivity index (χ1) is 13.7. The van der Waals surface area contributed by atoms with Gasteiger partial charge in [0.15, 0.2) is 0 Å². The van der Waals surface area contributed by atoms with Gasteiger partial charge in [0.1, 0.15) is 12.4 Å². The molecule has 3 aliphatic rings. The summed E-state index contributed by atoms with van der Waals surface area (Å²) >= 11 is 6.05. The molecule has 2 fully saturated rings. The minimum atomic E-state index is 0.0805. The Morgan fingerprint density at radius 3 is 2.50 bits per heavy atom. The lowest BCUT2D eigenvalue weighted by Crippen LogP contribution is -2.49. The van der Waals surface area contributed by atoms with Crippen molar-refractivity contribution in [2.24, 2.45) is 0 Å². The number of likely N-dealkylation sites (tertiary alicyclic amines) is 1. The number of rotatable bonds is 5. The van der Waals surface area contributed by atoms with Gasteiger partial charge in [-0.05, 0) is 55.8 Å². The van der Waals surface area contributed by atoms with E-state index in [1.165, 1.54) is 25.9 Å². The lowest BCUT2D eigenvalue weighted by atomic mass is 10.1. The smallest absolute Gasteiger partial charge is 0.246 e. The number of piperazine rings is 1. The van der Waals surface area contributed by atoms with Crippen LogP contribution in [0, 0.1) is 0 Å². The first-order valence-corrected chi connectivity index (χ1v) is 10.6. The molecule has 4 rings (SSSR count). The van der Waals surface area contributed by atoms with Crippen molar-refractivity contribution in [2.45, 2.75) is 12.8 Å². The van der Waals surface area contributed by atoms with Crippen molar-refractivity contribution in [1.29, 1.82) is 0 Å². The molecule has 0 N–H and O–H groups in total. The molecule has 1 aromatic carbocycles. The highest BCUT2D eigenvalue weighted by Gasteiger charge is 2.21. The van der Waals surface area contributed by atoms with E-state index in [1.54, 1.807) is 6.08 Å². The van der Waals surface area contributed by atoms with Crippen LogP contribution in [0.5, 0.6) is 5.75 Å². The van der Waals surface area contributed by atoms with Crippen LogP contribution in [0.4, 0.5) is 0 Å². The fraction of sp³-hybridized carbons (Fsp3) is 0.500. The molecule has 3 aliphatic heterocycles. The summed E-state index contributed by atoms with van der Waals surface area (Å²) in [4.78, 5) is 19.5. The molecular weight excluding hydrogens is 374 g/mol. The van der Waals surface area contributed by atoms with Gasteiger partial charge in [-0.25, -0.2) is 0 Å². The molecule has 28 heavy (non-hydrogen) atoms. The van der Waals surface area contributed by atoms with E-state index in [0.717, 1.165) is 56.2 Å². The van der Waals surface area contributed by atoms with Gasteiger partial charge in [0.2, 0.25) is 5.91 Å². The Labute approximate surface area is 172 Å². The molecule has 150 valence electrons. The summed E-state index contributed by atoms with van der Waals surface area (Å²) in [6.07, 6.45) is 8.25. The summed E-state index contributed by atoms with van der Waals surface area (Å²) in [6.45, 7) is 8.78. The van der Waals surface area contributed by atoms with Crippen LogP contribution in [0.1, 0.15) is 18.4 Å². The largest absolute Gasteiger partial charge is 0.488 e. The van der Waals surface area contributed by atoms with E-state index >= 15 is 0 Å². The molecule has 5 nitrogen and oxygen atoms in total. The van der Waals surface area contributed by atoms with E-state index in [9.17, 15) is 4.79 Å². The quantitative estimate of drug-likeness (QED) is 0.711. The molecule has 0 spiro atoms. The first-order valence-electron chi connectivity index (χ1n) is 10.2. The molecule has 0 bridgehead atoms. The number of fused-ring (bicyclic) bond motifs is 1. The van der Waals surface area contributed by atoms with Crippen LogP contribution in [-0.4, -0.2) is 79.6 Å². The van der Waals surface area contributed by atoms with E-state index in [1.807, 2.05) is 35.3 Å². The van der Waals surface area contributed by atoms with Crippen LogP contribution in [-0.2, 0) is 4.79 Å². The third kappa shape index (κ3) is 4.96. The van der Waals surface area contributed by atoms with Crippen molar-refractivity contribution in [3.63, 3.8) is 0 Å². The number of carbonyl (C=O) groups excluding carboxylic acids is 1. The molecule has 6 heteroatoms. The van der Waals surface area contributed by atoms with Crippen LogP contribution < -0.4 is 4.74 Å². The Bertz CT molecular complexity index is 763. The number of ether oxygens (including phenoxy) is 1. The second-order valence-corrected chi connectivity index (χ2v) is 8.18. The molecular formula is C22H28ClN3O2. The summed E-state index contributed by atoms with van der Waals surface area (Å²) in [7, 11) is 0. The highest BCUT2D eigenvalue weighted by molar-refractivity contribution is 6.30. The molecule has 1 amide bonds. The van der Waals surface area contributed by atoms with Gasteiger partial charge in [-0.15, -0.1) is 0 Å². The highest BCUT2D eigenvalue weighted by atomic mass is 35.5. The van der Waals surface area contributed by atoms with Gasteiger partial charge >= 0.3 is 0 Å². The van der Waals surface area contributed by atoms with Crippen LogP contribution in [0.2, 0.25) is 5.02 Å². The second-order valence-electron chi connectivity index (χ2n) is 7.74. The van der Waals surface area contributed by atoms with Crippen molar-refractivity contribution in [3.8, 4) is 5.75 Å². The standard InChI is InChI=1S/C22H28ClN3O2/c23-20-4-5-21-19(16-20)15-18(17-28-21)3-6-22(27)26-13-11-25(12-14-26)10-9-24-7-1-2-8-24/h3-6,15-16H,1-2,7-14,17H2. The van der Waals surface area contributed by atoms with Gasteiger partial charge in [0.25, 0.3) is 0 Å². The minimum absolute atomic E-state index is 0.0805. The minimum Gasteiger partial charge on any atom is -0.488 e. The maximum absolute atomic E-state index is 12.5. The van der Waals surface area contributed by atoms with Gasteiger partial charge in [0, 0.05) is 55.9 Å². The van der Waals surface area contributed by atoms with E-state index in [0.29, 0.717) is 11.6 Å². The van der Waals surface area contributed by atoms with Gasteiger partial charge in [-0.1, -0.05) is 17.7 Å². The van der Waals surface area contributed by atoms with Crippen LogP contribution in [0.25, 0.3) is 6.08 Å². The molecule has 0 atom stereocenters. The lowest BCUT2D eigenvalue weighted by molar-refractivity contribution is -0.127. The van der Waals surface area contributed by atoms with Gasteiger partial charge in [-0.2, -0.15) is 0 Å². The normalized spacial score (nSPS) is 20.9. The summed E-state index contributed by atoms with van der Waals surface area (Å²) in [5.41, 5.74) is 1.94. The molecule has 1 aromatic rings. The van der Waals surface area contributed by atoms with Crippen LogP contribution in [0.15, 0.2) is 35.9 Å². The molecule has 0 aliphatic carbocycles. The zero-order chi connectivity index (χ0) is 19.3. The first kappa shape index (κ1) is 19.5. The van der Waals surface area contributed by atoms with Crippen molar-refractivity contribution in [3.05, 3.63) is 46.5 Å². The van der Waals surface area contributed by atoms with Gasteiger partial charge in [0.05, 0.1) is 0 Å². The predicted molar refractivity (Wildman–Crippen MR) is 113 cm³/mol. The Hall–Kier alpha value is -1.82. The number of carbonyl (C=O) groups is 1. The number of hydrogen-bond donors (Lipinski definition) is 0. The molecule has 0 saturated carbocycles. The van der Waals surface area contributed by atoms with Gasteiger partial charge < -0.3 is 14.5 Å².